The van der Waals surface area contributed by atoms with Crippen molar-refractivity contribution < 1.29 is 84.2 Å². The third-order valence-electron chi connectivity index (χ3n) is 23.9. The zero-order chi connectivity index (χ0) is 82.4. The van der Waals surface area contributed by atoms with Gasteiger partial charge in [-0.25, -0.2) is 24.4 Å². The van der Waals surface area contributed by atoms with Crippen molar-refractivity contribution in [1.29, 1.82) is 0 Å². The van der Waals surface area contributed by atoms with Crippen LogP contribution in [0.25, 0.3) is 66.3 Å². The number of imidazole rings is 2. The molecule has 0 spiro atoms. The first-order valence-corrected chi connectivity index (χ1v) is 40.2. The summed E-state index contributed by atoms with van der Waals surface area (Å²) in [6.07, 6.45) is 7.72. The van der Waals surface area contributed by atoms with Crippen LogP contribution < -0.4 is 20.1 Å². The summed E-state index contributed by atoms with van der Waals surface area (Å²) in [5.41, 5.74) is 14.6. The number of carbonyl (C=O) groups is 5. The lowest BCUT2D eigenvalue weighted by Crippen LogP contribution is -2.53. The average molecular weight is 1610 g/mol. The number of rotatable bonds is 22. The summed E-state index contributed by atoms with van der Waals surface area (Å²) in [6, 6.07) is 26.4. The first kappa shape index (κ1) is 81.6. The van der Waals surface area contributed by atoms with Crippen molar-refractivity contribution in [3.63, 3.8) is 0 Å². The minimum atomic E-state index is -2.93. The summed E-state index contributed by atoms with van der Waals surface area (Å²) < 4.78 is 100. The molecule has 4 N–H and O–H groups in total. The van der Waals surface area contributed by atoms with Gasteiger partial charge < -0.3 is 73.0 Å². The van der Waals surface area contributed by atoms with Crippen molar-refractivity contribution in [3.05, 3.63) is 131 Å². The predicted molar refractivity (Wildman–Crippen MR) is 431 cm³/mol. The van der Waals surface area contributed by atoms with E-state index in [1.54, 1.807) is 35.1 Å². The van der Waals surface area contributed by atoms with Gasteiger partial charge in [-0.1, -0.05) is 64.1 Å². The van der Waals surface area contributed by atoms with Crippen molar-refractivity contribution in [3.8, 4) is 56.3 Å². The Labute approximate surface area is 676 Å². The van der Waals surface area contributed by atoms with Crippen molar-refractivity contribution in [2.75, 3.05) is 74.5 Å². The zero-order valence-electron chi connectivity index (χ0n) is 67.7. The number of hydrogen-bond acceptors (Lipinski definition) is 18. The number of methoxy groups -OCH3 is 4. The molecular formula is C88H101F4N11O14. The molecule has 7 aliphatic heterocycles. The van der Waals surface area contributed by atoms with Gasteiger partial charge in [0.1, 0.15) is 54.0 Å². The third kappa shape index (κ3) is 17.3. The molecule has 29 heteroatoms. The highest BCUT2D eigenvalue weighted by Gasteiger charge is 2.46. The van der Waals surface area contributed by atoms with E-state index >= 15 is 0 Å². The highest BCUT2D eigenvalue weighted by Crippen LogP contribution is 2.49. The highest BCUT2D eigenvalue weighted by molar-refractivity contribution is 6.08. The van der Waals surface area contributed by atoms with Gasteiger partial charge in [0.15, 0.2) is 0 Å². The van der Waals surface area contributed by atoms with Gasteiger partial charge in [-0.15, -0.1) is 0 Å². The number of hydrogen-bond donors (Lipinski definition) is 4. The van der Waals surface area contributed by atoms with Crippen LogP contribution in [-0.4, -0.2) is 194 Å². The Hall–Kier alpha value is -10.5. The number of alkyl carbamates (subject to hydrolysis) is 2. The van der Waals surface area contributed by atoms with E-state index in [0.29, 0.717) is 76.1 Å². The summed E-state index contributed by atoms with van der Waals surface area (Å²) in [4.78, 5) is 97.4. The summed E-state index contributed by atoms with van der Waals surface area (Å²) in [5, 5.41) is 9.43. The van der Waals surface area contributed by atoms with Crippen molar-refractivity contribution >= 4 is 74.4 Å². The van der Waals surface area contributed by atoms with Crippen LogP contribution >= 0.6 is 0 Å². The molecule has 0 radical (unpaired) electrons. The number of carbonyl (C=O) groups excluding carboxylic acids is 5. The molecule has 620 valence electrons. The molecular weight excluding hydrogens is 1510 g/mol. The minimum Gasteiger partial charge on any atom is -0.488 e. The van der Waals surface area contributed by atoms with Crippen LogP contribution in [0.15, 0.2) is 107 Å². The molecule has 6 aromatic carbocycles. The number of nitrogens with zero attached hydrogens (tertiary/aromatic N) is 7. The molecule has 1 aliphatic carbocycles. The van der Waals surface area contributed by atoms with E-state index in [1.807, 2.05) is 85.0 Å². The fraction of sp³-hybridized carbons (Fsp3) is 0.489. The predicted octanol–water partition coefficient (Wildman–Crippen LogP) is 16.0. The second kappa shape index (κ2) is 34.2. The average Bonchev–Trinajstić information content (AvgIpc) is 1.70. The molecule has 0 bridgehead atoms. The number of aromatic amines is 2. The van der Waals surface area contributed by atoms with Gasteiger partial charge in [0, 0.05) is 99.5 Å². The van der Waals surface area contributed by atoms with Gasteiger partial charge in [-0.05, 0) is 192 Å². The zero-order valence-corrected chi connectivity index (χ0v) is 67.7. The quantitative estimate of drug-likeness (QED) is 0.0362. The van der Waals surface area contributed by atoms with E-state index in [9.17, 15) is 41.5 Å². The second-order valence-electron chi connectivity index (χ2n) is 33.7. The summed E-state index contributed by atoms with van der Waals surface area (Å²) >= 11 is 0. The number of aromatic nitrogens is 4. The van der Waals surface area contributed by atoms with Crippen LogP contribution in [0, 0.1) is 35.5 Å². The Morgan fingerprint density at radius 2 is 0.983 bits per heavy atom. The van der Waals surface area contributed by atoms with E-state index < -0.39 is 55.2 Å². The molecule has 9 heterocycles. The minimum absolute atomic E-state index is 0.0838. The van der Waals surface area contributed by atoms with Crippen LogP contribution in [0.2, 0.25) is 0 Å². The number of H-pyrrole nitrogens is 2. The van der Waals surface area contributed by atoms with Gasteiger partial charge in [-0.3, -0.25) is 24.5 Å². The Kier molecular flexibility index (Phi) is 23.9. The van der Waals surface area contributed by atoms with Crippen LogP contribution in [0.1, 0.15) is 133 Å². The number of amides is 5. The van der Waals surface area contributed by atoms with E-state index in [2.05, 4.69) is 79.9 Å². The van der Waals surface area contributed by atoms with Gasteiger partial charge in [-0.2, -0.15) is 17.6 Å². The maximum absolute atomic E-state index is 14.1. The first-order valence-electron chi connectivity index (χ1n) is 40.2. The Morgan fingerprint density at radius 3 is 1.46 bits per heavy atom. The fourth-order valence-electron chi connectivity index (χ4n) is 18.3. The van der Waals surface area contributed by atoms with Gasteiger partial charge >= 0.3 is 31.5 Å². The molecule has 3 saturated heterocycles. The number of aliphatic imine (C=N–C) groups is 2. The molecule has 8 aromatic rings. The van der Waals surface area contributed by atoms with Crippen LogP contribution in [0.5, 0.6) is 11.5 Å². The molecule has 16 rings (SSSR count). The summed E-state index contributed by atoms with van der Waals surface area (Å²) in [5.74, 6) is 2.75. The number of likely N-dealkylation sites (tertiary alicyclic amines) is 3. The third-order valence-corrected chi connectivity index (χ3v) is 23.9. The number of halogens is 4. The normalized spacial score (nSPS) is 21.5. The number of ether oxygens (including phenoxy) is 9. The van der Waals surface area contributed by atoms with E-state index in [-0.39, 0.29) is 79.8 Å². The largest absolute Gasteiger partial charge is 0.488 e. The monoisotopic (exact) mass is 1610 g/mol. The number of nitrogens with one attached hydrogen (secondary N) is 4. The van der Waals surface area contributed by atoms with E-state index in [0.717, 1.165) is 148 Å². The smallest absolute Gasteiger partial charge is 0.410 e. The Morgan fingerprint density at radius 1 is 0.530 bits per heavy atom. The van der Waals surface area contributed by atoms with Gasteiger partial charge in [0.2, 0.25) is 11.8 Å². The summed E-state index contributed by atoms with van der Waals surface area (Å²) in [7, 11) is 5.91. The first-order chi connectivity index (χ1) is 56.2. The lowest BCUT2D eigenvalue weighted by Gasteiger charge is -2.31. The number of fused-ring (bicyclic) bond motifs is 12. The molecule has 10 atom stereocenters. The number of benzene rings is 6. The van der Waals surface area contributed by atoms with Crippen LogP contribution in [0.4, 0.5) is 43.3 Å². The van der Waals surface area contributed by atoms with E-state index in [4.69, 9.17) is 57.8 Å². The van der Waals surface area contributed by atoms with Crippen molar-refractivity contribution in [2.45, 2.75) is 168 Å². The highest BCUT2D eigenvalue weighted by atomic mass is 19.3. The topological polar surface area (TPSA) is 284 Å². The lowest BCUT2D eigenvalue weighted by molar-refractivity contribution is -0.139. The van der Waals surface area contributed by atoms with Gasteiger partial charge in [0.05, 0.1) is 87.3 Å². The number of alkyl halides is 4. The maximum atomic E-state index is 14.1. The molecule has 5 amide bonds. The lowest BCUT2D eigenvalue weighted by atomic mass is 9.90. The molecule has 25 nitrogen and oxygen atoms in total. The van der Waals surface area contributed by atoms with Crippen molar-refractivity contribution in [1.82, 2.24) is 45.3 Å². The second-order valence-corrected chi connectivity index (χ2v) is 33.7. The van der Waals surface area contributed by atoms with E-state index in [1.165, 1.54) is 20.6 Å². The molecule has 0 unspecified atom stereocenters. The Balaban J connectivity index is 0.000000189. The standard InChI is InChI=1S/C48H57F2N7O9.C40H44F2N4O5/c1-24(2)41(54-47(60)63-6)44(58)56-20-27(22-66-46(49)50)12-38(56)36-16-33-32-17-40-34(15-28(32)9-11-35(33)52-36)31-10-8-29(14-30(31)23-65-40)37-18-51-43(53-37)39-13-26(21-62-5)19-57(39)45(59)42(25(3)4)55-48(61)64-7;1-40(2,3)51-39(47)46-18-23(20-50-38(41)42)12-35(46)33-15-30-29-16-36-31(14-24(29)8-10-32(30)44-33)28-9-7-25(13-27(28)21-49-36)34-17-43-37(45-34)26-6-5-22(11-26)19-48-4/h8-11,14-15,17-18,24-27,38-39,41-42,46H,12-13,16,19-23H2,1-7H3,(H,51,53)(H,54,60)(H,55,61);7-10,13-14,16-17,22-23,26,35,38H,5-6,11-12,15,18-21H2,1-4H3,(H,43,45)/t26-,27-,38-,39-,41-,42-;22-,23+,26+,35+/m01/s1. The summed E-state index contributed by atoms with van der Waals surface area (Å²) in [6.45, 7) is 9.64. The van der Waals surface area contributed by atoms with Crippen molar-refractivity contribution in [2.24, 2.45) is 45.5 Å². The Bertz CT molecular complexity index is 5160. The fourth-order valence-corrected chi connectivity index (χ4v) is 18.3. The van der Waals surface area contributed by atoms with Crippen LogP contribution in [0.3, 0.4) is 0 Å². The maximum Gasteiger partial charge on any atom is 0.410 e. The molecule has 117 heavy (non-hydrogen) atoms. The molecule has 1 saturated carbocycles. The molecule has 2 aromatic heterocycles. The molecule has 4 fully saturated rings. The SMILES string of the molecule is COC[C@@H]1CC[C@H](c2ncc(-c3ccc4c(c3)COc3cc5c6c(ccc5cc3-4)N=C([C@@H]3C[C@H](COC(F)F)CN3C(=O)OC(C)(C)C)C6)[nH]2)C1.COC[C@H]1C[C@@H](c2ncc(-c3ccc4c(c3)COc3cc5c6c(ccc5cc3-4)N=C([C@@H]3C[C@H](COC(F)F)CN3C(=O)[C@@H](NC(=O)OC)C(C)C)C6)[nH]2)N(C(=O)[C@@H](NC(=O)OC)C(C)C)C1. The van der Waals surface area contributed by atoms with Gasteiger partial charge in [0.25, 0.3) is 0 Å². The molecule has 8 aliphatic rings. The van der Waals surface area contributed by atoms with Crippen LogP contribution in [-0.2, 0) is 68.8 Å².